The van der Waals surface area contributed by atoms with E-state index in [9.17, 15) is 9.59 Å². The summed E-state index contributed by atoms with van der Waals surface area (Å²) in [4.78, 5) is 26.0. The second-order valence-corrected chi connectivity index (χ2v) is 4.43. The lowest BCUT2D eigenvalue weighted by atomic mass is 10.3. The van der Waals surface area contributed by atoms with Crippen molar-refractivity contribution in [2.75, 3.05) is 19.6 Å². The molecule has 1 saturated carbocycles. The van der Waals surface area contributed by atoms with Crippen LogP contribution in [0.3, 0.4) is 0 Å². The number of amides is 2. The van der Waals surface area contributed by atoms with Gasteiger partial charge in [-0.25, -0.2) is 4.79 Å². The van der Waals surface area contributed by atoms with Crippen LogP contribution in [-0.4, -0.2) is 52.6 Å². The van der Waals surface area contributed by atoms with Gasteiger partial charge in [0, 0.05) is 19.1 Å². The van der Waals surface area contributed by atoms with Crippen molar-refractivity contribution in [1.29, 1.82) is 5.26 Å². The maximum Gasteiger partial charge on any atom is 0.323 e. The minimum absolute atomic E-state index is 0.194. The molecule has 2 amide bonds. The highest BCUT2D eigenvalue weighted by atomic mass is 16.4. The third-order valence-electron chi connectivity index (χ3n) is 2.79. The molecule has 1 fully saturated rings. The predicted octanol–water partition coefficient (Wildman–Crippen LogP) is 1.28. The summed E-state index contributed by atoms with van der Waals surface area (Å²) in [6.45, 7) is 2.45. The minimum Gasteiger partial charge on any atom is -0.480 e. The molecule has 0 aromatic rings. The summed E-state index contributed by atoms with van der Waals surface area (Å²) in [5, 5.41) is 17.4. The second-order valence-electron chi connectivity index (χ2n) is 4.43. The summed E-state index contributed by atoms with van der Waals surface area (Å²) in [5.41, 5.74) is 0. The first-order valence-corrected chi connectivity index (χ1v) is 6.24. The number of aliphatic carboxylic acids is 1. The fraction of sp³-hybridized carbons (Fsp3) is 0.750. The highest BCUT2D eigenvalue weighted by Gasteiger charge is 2.34. The lowest BCUT2D eigenvalue weighted by Crippen LogP contribution is -2.47. The van der Waals surface area contributed by atoms with Crippen LogP contribution in [0.15, 0.2) is 0 Å². The molecule has 1 aliphatic carbocycles. The summed E-state index contributed by atoms with van der Waals surface area (Å²) < 4.78 is 0. The quantitative estimate of drug-likeness (QED) is 0.740. The summed E-state index contributed by atoms with van der Waals surface area (Å²) in [6, 6.07) is 1.96. The van der Waals surface area contributed by atoms with E-state index >= 15 is 0 Å². The zero-order valence-electron chi connectivity index (χ0n) is 10.6. The molecule has 0 saturated heterocycles. The lowest BCUT2D eigenvalue weighted by molar-refractivity contribution is -0.137. The number of nitriles is 1. The first-order chi connectivity index (χ1) is 8.60. The van der Waals surface area contributed by atoms with Gasteiger partial charge >= 0.3 is 12.0 Å². The molecule has 100 valence electrons. The smallest absolute Gasteiger partial charge is 0.323 e. The van der Waals surface area contributed by atoms with E-state index in [1.807, 2.05) is 13.0 Å². The van der Waals surface area contributed by atoms with E-state index in [0.717, 1.165) is 19.3 Å². The predicted molar refractivity (Wildman–Crippen MR) is 64.9 cm³/mol. The third-order valence-corrected chi connectivity index (χ3v) is 2.79. The standard InChI is InChI=1S/C12H19N3O3/c1-2-7-14(9-11(16)17)12(18)15(8-3-6-13)10-4-5-10/h10H,2-5,7-9H2,1H3,(H,16,17). The van der Waals surface area contributed by atoms with E-state index in [1.165, 1.54) is 4.90 Å². The summed E-state index contributed by atoms with van der Waals surface area (Å²) in [6.07, 6.45) is 2.90. The molecule has 1 rings (SSSR count). The molecule has 6 heteroatoms. The average Bonchev–Trinajstić information content (AvgIpc) is 3.12. The van der Waals surface area contributed by atoms with Gasteiger partial charge in [0.05, 0.1) is 12.5 Å². The van der Waals surface area contributed by atoms with Crippen LogP contribution in [0, 0.1) is 11.3 Å². The number of carboxylic acid groups (broad SMARTS) is 1. The van der Waals surface area contributed by atoms with Gasteiger partial charge in [-0.3, -0.25) is 4.79 Å². The van der Waals surface area contributed by atoms with Crippen LogP contribution in [0.2, 0.25) is 0 Å². The highest BCUT2D eigenvalue weighted by Crippen LogP contribution is 2.27. The van der Waals surface area contributed by atoms with Crippen LogP contribution in [0.25, 0.3) is 0 Å². The van der Waals surface area contributed by atoms with Crippen LogP contribution in [-0.2, 0) is 4.79 Å². The van der Waals surface area contributed by atoms with E-state index in [0.29, 0.717) is 13.1 Å². The molecular formula is C12H19N3O3. The Hall–Kier alpha value is -1.77. The Labute approximate surface area is 107 Å². The van der Waals surface area contributed by atoms with Gasteiger partial charge in [0.15, 0.2) is 0 Å². The molecule has 1 N–H and O–H groups in total. The molecule has 0 heterocycles. The Morgan fingerprint density at radius 3 is 2.50 bits per heavy atom. The van der Waals surface area contributed by atoms with Crippen molar-refractivity contribution in [1.82, 2.24) is 9.80 Å². The van der Waals surface area contributed by atoms with Gasteiger partial charge in [0.25, 0.3) is 0 Å². The molecule has 1 aliphatic rings. The maximum atomic E-state index is 12.2. The second kappa shape index (κ2) is 6.84. The normalized spacial score (nSPS) is 13.8. The lowest BCUT2D eigenvalue weighted by Gasteiger charge is -2.29. The fourth-order valence-electron chi connectivity index (χ4n) is 1.85. The first kappa shape index (κ1) is 14.3. The van der Waals surface area contributed by atoms with Crippen LogP contribution < -0.4 is 0 Å². The van der Waals surface area contributed by atoms with Gasteiger partial charge in [0.1, 0.15) is 6.54 Å². The van der Waals surface area contributed by atoms with Gasteiger partial charge in [-0.05, 0) is 19.3 Å². The van der Waals surface area contributed by atoms with Gasteiger partial charge < -0.3 is 14.9 Å². The largest absolute Gasteiger partial charge is 0.480 e. The van der Waals surface area contributed by atoms with E-state index in [2.05, 4.69) is 0 Å². The van der Waals surface area contributed by atoms with Crippen molar-refractivity contribution < 1.29 is 14.7 Å². The van der Waals surface area contributed by atoms with Gasteiger partial charge in [-0.1, -0.05) is 6.92 Å². The van der Waals surface area contributed by atoms with Crippen molar-refractivity contribution >= 4 is 12.0 Å². The number of carbonyl (C=O) groups is 2. The Kier molecular flexibility index (Phi) is 5.43. The Balaban J connectivity index is 2.65. The van der Waals surface area contributed by atoms with Crippen molar-refractivity contribution in [3.8, 4) is 6.07 Å². The molecule has 6 nitrogen and oxygen atoms in total. The zero-order chi connectivity index (χ0) is 13.5. The van der Waals surface area contributed by atoms with E-state index < -0.39 is 5.97 Å². The monoisotopic (exact) mass is 253 g/mol. The molecule has 0 aromatic heterocycles. The summed E-state index contributed by atoms with van der Waals surface area (Å²) >= 11 is 0. The van der Waals surface area contributed by atoms with Crippen LogP contribution in [0.1, 0.15) is 32.6 Å². The van der Waals surface area contributed by atoms with Crippen LogP contribution in [0.4, 0.5) is 4.79 Å². The number of carboxylic acids is 1. The van der Waals surface area contributed by atoms with Gasteiger partial charge in [-0.15, -0.1) is 0 Å². The van der Waals surface area contributed by atoms with E-state index in [4.69, 9.17) is 10.4 Å². The highest BCUT2D eigenvalue weighted by molar-refractivity contribution is 5.80. The van der Waals surface area contributed by atoms with Crippen molar-refractivity contribution in [3.63, 3.8) is 0 Å². The topological polar surface area (TPSA) is 84.6 Å². The molecule has 0 bridgehead atoms. The third kappa shape index (κ3) is 4.24. The minimum atomic E-state index is -1.01. The summed E-state index contributed by atoms with van der Waals surface area (Å²) in [5.74, 6) is -1.01. The fourth-order valence-corrected chi connectivity index (χ4v) is 1.85. The van der Waals surface area contributed by atoms with Crippen molar-refractivity contribution in [3.05, 3.63) is 0 Å². The molecule has 0 unspecified atom stereocenters. The van der Waals surface area contributed by atoms with Gasteiger partial charge in [0.2, 0.25) is 0 Å². The number of hydrogen-bond donors (Lipinski definition) is 1. The van der Waals surface area contributed by atoms with Gasteiger partial charge in [-0.2, -0.15) is 5.26 Å². The average molecular weight is 253 g/mol. The molecule has 0 atom stereocenters. The number of rotatable bonds is 7. The Bertz CT molecular complexity index is 347. The molecule has 18 heavy (non-hydrogen) atoms. The molecule has 0 aromatic carbocycles. The summed E-state index contributed by atoms with van der Waals surface area (Å²) in [7, 11) is 0. The van der Waals surface area contributed by atoms with Crippen LogP contribution in [0.5, 0.6) is 0 Å². The Morgan fingerprint density at radius 1 is 1.39 bits per heavy atom. The molecule has 0 aliphatic heterocycles. The van der Waals surface area contributed by atoms with Crippen LogP contribution >= 0.6 is 0 Å². The molecule has 0 spiro atoms. The number of urea groups is 1. The number of carbonyl (C=O) groups excluding carboxylic acids is 1. The zero-order valence-corrected chi connectivity index (χ0v) is 10.6. The Morgan fingerprint density at radius 2 is 2.06 bits per heavy atom. The van der Waals surface area contributed by atoms with Crippen molar-refractivity contribution in [2.24, 2.45) is 0 Å². The molecular weight excluding hydrogens is 234 g/mol. The maximum absolute atomic E-state index is 12.2. The van der Waals surface area contributed by atoms with Crippen molar-refractivity contribution in [2.45, 2.75) is 38.6 Å². The van der Waals surface area contributed by atoms with E-state index in [-0.39, 0.29) is 25.0 Å². The first-order valence-electron chi connectivity index (χ1n) is 6.24. The molecule has 0 radical (unpaired) electrons. The number of nitrogens with zero attached hydrogens (tertiary/aromatic N) is 3. The van der Waals surface area contributed by atoms with E-state index in [1.54, 1.807) is 4.90 Å². The SMILES string of the molecule is CCCN(CC(=O)O)C(=O)N(CCC#N)C1CC1. The number of hydrogen-bond acceptors (Lipinski definition) is 3.